The second kappa shape index (κ2) is 5.07. The van der Waals surface area contributed by atoms with E-state index < -0.39 is 0 Å². The summed E-state index contributed by atoms with van der Waals surface area (Å²) in [5.74, 6) is 3.56. The molecule has 1 aliphatic heterocycles. The van der Waals surface area contributed by atoms with Gasteiger partial charge in [0.25, 0.3) is 0 Å². The first-order valence-corrected chi connectivity index (χ1v) is 7.49. The van der Waals surface area contributed by atoms with Crippen molar-refractivity contribution in [1.82, 2.24) is 4.90 Å². The Labute approximate surface area is 98.0 Å². The molecule has 0 aromatic carbocycles. The van der Waals surface area contributed by atoms with E-state index in [9.17, 15) is 0 Å². The molecule has 1 unspecified atom stereocenters. The monoisotopic (exact) mass is 228 g/mol. The Bertz CT molecular complexity index is 198. The summed E-state index contributed by atoms with van der Waals surface area (Å²) in [5.41, 5.74) is 6.39. The van der Waals surface area contributed by atoms with Gasteiger partial charge < -0.3 is 5.73 Å². The average Bonchev–Trinajstić information content (AvgIpc) is 2.94. The smallest absolute Gasteiger partial charge is 0.0429 e. The van der Waals surface area contributed by atoms with Gasteiger partial charge in [-0.25, -0.2) is 0 Å². The van der Waals surface area contributed by atoms with Gasteiger partial charge in [-0.2, -0.15) is 11.8 Å². The zero-order valence-corrected chi connectivity index (χ0v) is 10.7. The number of hydrogen-bond donors (Lipinski definition) is 1. The van der Waals surface area contributed by atoms with Gasteiger partial charge in [-0.3, -0.25) is 4.90 Å². The summed E-state index contributed by atoms with van der Waals surface area (Å²) < 4.78 is 0. The van der Waals surface area contributed by atoms with Crippen LogP contribution in [-0.4, -0.2) is 41.6 Å². The molecule has 2 N–H and O–H groups in total. The zero-order chi connectivity index (χ0) is 10.7. The van der Waals surface area contributed by atoms with E-state index in [4.69, 9.17) is 5.73 Å². The maximum atomic E-state index is 6.04. The lowest BCUT2D eigenvalue weighted by Gasteiger charge is -2.40. The lowest BCUT2D eigenvalue weighted by Crippen LogP contribution is -2.55. The Hall–Kier alpha value is 0.270. The molecule has 0 spiro atoms. The van der Waals surface area contributed by atoms with Crippen molar-refractivity contribution in [3.8, 4) is 0 Å². The van der Waals surface area contributed by atoms with Crippen molar-refractivity contribution in [1.29, 1.82) is 0 Å². The normalized spacial score (nSPS) is 31.4. The van der Waals surface area contributed by atoms with Crippen LogP contribution in [0.4, 0.5) is 0 Å². The van der Waals surface area contributed by atoms with E-state index >= 15 is 0 Å². The topological polar surface area (TPSA) is 29.3 Å². The standard InChI is InChI=1S/C12H24N2S/c1-2-6-14(8-11-3-4-11)12(9-13)5-7-15-10-12/h11H,2-10,13H2,1H3. The third-order valence-corrected chi connectivity index (χ3v) is 5.04. The average molecular weight is 228 g/mol. The summed E-state index contributed by atoms with van der Waals surface area (Å²) in [6.07, 6.45) is 5.47. The van der Waals surface area contributed by atoms with Gasteiger partial charge in [-0.1, -0.05) is 6.92 Å². The summed E-state index contributed by atoms with van der Waals surface area (Å²) in [5, 5.41) is 0. The molecule has 2 aliphatic rings. The molecule has 2 rings (SSSR count). The van der Waals surface area contributed by atoms with Gasteiger partial charge in [0.15, 0.2) is 0 Å². The maximum Gasteiger partial charge on any atom is 0.0429 e. The second-order valence-corrected chi connectivity index (χ2v) is 6.23. The lowest BCUT2D eigenvalue weighted by molar-refractivity contribution is 0.110. The van der Waals surface area contributed by atoms with Crippen LogP contribution in [0.2, 0.25) is 0 Å². The van der Waals surface area contributed by atoms with Crippen LogP contribution in [0.1, 0.15) is 32.6 Å². The molecule has 15 heavy (non-hydrogen) atoms. The molecule has 1 heterocycles. The van der Waals surface area contributed by atoms with Crippen molar-refractivity contribution < 1.29 is 0 Å². The zero-order valence-electron chi connectivity index (χ0n) is 9.87. The molecule has 0 amide bonds. The molecule has 1 saturated carbocycles. The molecule has 0 bridgehead atoms. The van der Waals surface area contributed by atoms with Crippen LogP contribution in [0.15, 0.2) is 0 Å². The molecule has 2 nitrogen and oxygen atoms in total. The van der Waals surface area contributed by atoms with Crippen molar-refractivity contribution in [3.05, 3.63) is 0 Å². The first kappa shape index (κ1) is 11.7. The minimum absolute atomic E-state index is 0.350. The van der Waals surface area contributed by atoms with Crippen molar-refractivity contribution >= 4 is 11.8 Å². The number of nitrogens with two attached hydrogens (primary N) is 1. The molecule has 0 radical (unpaired) electrons. The molecular weight excluding hydrogens is 204 g/mol. The Morgan fingerprint density at radius 1 is 1.47 bits per heavy atom. The van der Waals surface area contributed by atoms with Crippen LogP contribution in [0.25, 0.3) is 0 Å². The third kappa shape index (κ3) is 2.69. The molecule has 1 atom stereocenters. The van der Waals surface area contributed by atoms with E-state index in [0.29, 0.717) is 5.54 Å². The molecule has 0 aromatic heterocycles. The Balaban J connectivity index is 1.98. The predicted octanol–water partition coefficient (Wildman–Crippen LogP) is 1.94. The molecule has 3 heteroatoms. The van der Waals surface area contributed by atoms with Crippen LogP contribution in [0, 0.1) is 5.92 Å². The largest absolute Gasteiger partial charge is 0.329 e. The lowest BCUT2D eigenvalue weighted by atomic mass is 9.95. The third-order valence-electron chi connectivity index (χ3n) is 3.80. The van der Waals surface area contributed by atoms with E-state index in [1.165, 1.54) is 50.3 Å². The van der Waals surface area contributed by atoms with E-state index in [1.54, 1.807) is 0 Å². The van der Waals surface area contributed by atoms with Gasteiger partial charge in [0.05, 0.1) is 0 Å². The molecular formula is C12H24N2S. The maximum absolute atomic E-state index is 6.04. The highest BCUT2D eigenvalue weighted by Gasteiger charge is 2.40. The van der Waals surface area contributed by atoms with Crippen LogP contribution in [-0.2, 0) is 0 Å². The number of rotatable bonds is 6. The van der Waals surface area contributed by atoms with Crippen LogP contribution in [0.5, 0.6) is 0 Å². The predicted molar refractivity (Wildman–Crippen MR) is 68.3 cm³/mol. The van der Waals surface area contributed by atoms with Gasteiger partial charge >= 0.3 is 0 Å². The molecule has 2 fully saturated rings. The number of nitrogens with zero attached hydrogens (tertiary/aromatic N) is 1. The first-order chi connectivity index (χ1) is 7.30. The second-order valence-electron chi connectivity index (χ2n) is 5.12. The van der Waals surface area contributed by atoms with Crippen molar-refractivity contribution in [3.63, 3.8) is 0 Å². The van der Waals surface area contributed by atoms with Gasteiger partial charge in [-0.15, -0.1) is 0 Å². The minimum atomic E-state index is 0.350. The highest BCUT2D eigenvalue weighted by atomic mass is 32.2. The van der Waals surface area contributed by atoms with Crippen LogP contribution < -0.4 is 5.73 Å². The fourth-order valence-electron chi connectivity index (χ4n) is 2.54. The van der Waals surface area contributed by atoms with Crippen LogP contribution >= 0.6 is 11.8 Å². The summed E-state index contributed by atoms with van der Waals surface area (Å²) in [7, 11) is 0. The first-order valence-electron chi connectivity index (χ1n) is 6.33. The quantitative estimate of drug-likeness (QED) is 0.753. The Kier molecular flexibility index (Phi) is 3.97. The summed E-state index contributed by atoms with van der Waals surface area (Å²) in [6.45, 7) is 5.69. The number of thioether (sulfide) groups is 1. The Morgan fingerprint density at radius 2 is 2.27 bits per heavy atom. The molecule has 1 saturated heterocycles. The van der Waals surface area contributed by atoms with Gasteiger partial charge in [-0.05, 0) is 43.9 Å². The van der Waals surface area contributed by atoms with Gasteiger partial charge in [0.2, 0.25) is 0 Å². The van der Waals surface area contributed by atoms with Gasteiger partial charge in [0.1, 0.15) is 0 Å². The highest BCUT2D eigenvalue weighted by molar-refractivity contribution is 7.99. The van der Waals surface area contributed by atoms with E-state index in [2.05, 4.69) is 23.6 Å². The fourth-order valence-corrected chi connectivity index (χ4v) is 4.03. The van der Waals surface area contributed by atoms with Crippen LogP contribution in [0.3, 0.4) is 0 Å². The van der Waals surface area contributed by atoms with Gasteiger partial charge in [0, 0.05) is 24.4 Å². The molecule has 88 valence electrons. The van der Waals surface area contributed by atoms with E-state index in [0.717, 1.165) is 12.5 Å². The van der Waals surface area contributed by atoms with E-state index in [-0.39, 0.29) is 0 Å². The molecule has 1 aliphatic carbocycles. The van der Waals surface area contributed by atoms with Crippen molar-refractivity contribution in [2.24, 2.45) is 11.7 Å². The van der Waals surface area contributed by atoms with E-state index in [1.807, 2.05) is 0 Å². The minimum Gasteiger partial charge on any atom is -0.329 e. The van der Waals surface area contributed by atoms with Crippen molar-refractivity contribution in [2.75, 3.05) is 31.1 Å². The highest BCUT2D eigenvalue weighted by Crippen LogP contribution is 2.37. The molecule has 0 aromatic rings. The van der Waals surface area contributed by atoms with Crippen molar-refractivity contribution in [2.45, 2.75) is 38.1 Å². The fraction of sp³-hybridized carbons (Fsp3) is 1.00. The summed E-state index contributed by atoms with van der Waals surface area (Å²) >= 11 is 2.09. The summed E-state index contributed by atoms with van der Waals surface area (Å²) in [4.78, 5) is 2.71. The number of hydrogen-bond acceptors (Lipinski definition) is 3. The Morgan fingerprint density at radius 3 is 2.73 bits per heavy atom. The summed E-state index contributed by atoms with van der Waals surface area (Å²) in [6, 6.07) is 0. The SMILES string of the molecule is CCCN(CC1CC1)C1(CN)CCSC1.